The molecule has 0 amide bonds. The van der Waals surface area contributed by atoms with Gasteiger partial charge in [-0.2, -0.15) is 5.10 Å². The largest absolute Gasteiger partial charge is 0.506 e. The van der Waals surface area contributed by atoms with Crippen LogP contribution in [0, 0.1) is 0 Å². The summed E-state index contributed by atoms with van der Waals surface area (Å²) in [5.74, 6) is 0.834. The normalized spacial score (nSPS) is 11.1. The van der Waals surface area contributed by atoms with Crippen LogP contribution in [0.25, 0.3) is 22.3 Å². The van der Waals surface area contributed by atoms with Crippen molar-refractivity contribution in [3.05, 3.63) is 30.3 Å². The maximum absolute atomic E-state index is 9.71. The van der Waals surface area contributed by atoms with E-state index in [1.54, 1.807) is 23.9 Å². The predicted octanol–water partition coefficient (Wildman–Crippen LogP) is 1.86. The topological polar surface area (TPSA) is 79.9 Å². The van der Waals surface area contributed by atoms with Gasteiger partial charge in [-0.05, 0) is 12.1 Å². The van der Waals surface area contributed by atoms with E-state index in [0.29, 0.717) is 11.3 Å². The number of hydrogen-bond donors (Lipinski definition) is 3. The molecule has 0 unspecified atom stereocenters. The average molecular weight is 228 g/mol. The van der Waals surface area contributed by atoms with E-state index in [2.05, 4.69) is 10.1 Å². The molecule has 0 spiro atoms. The average Bonchev–Trinajstić information content (AvgIpc) is 2.85. The molecular weight excluding hydrogens is 216 g/mol. The molecule has 0 aliphatic rings. The first-order valence-corrected chi connectivity index (χ1v) is 5.26. The van der Waals surface area contributed by atoms with Crippen LogP contribution >= 0.6 is 0 Å². The number of anilines is 1. The number of nitrogens with zero attached hydrogens (tertiary/aromatic N) is 2. The number of aromatic nitrogens is 3. The number of nitrogen functional groups attached to an aromatic ring is 1. The predicted molar refractivity (Wildman–Crippen MR) is 66.6 cm³/mol. The second-order valence-corrected chi connectivity index (χ2v) is 4.00. The van der Waals surface area contributed by atoms with Crippen molar-refractivity contribution in [1.29, 1.82) is 0 Å². The van der Waals surface area contributed by atoms with E-state index in [-0.39, 0.29) is 5.75 Å². The molecule has 0 bridgehead atoms. The molecule has 1 aromatic carbocycles. The Bertz CT molecular complexity index is 676. The van der Waals surface area contributed by atoms with Crippen LogP contribution in [-0.2, 0) is 7.05 Å². The Balaban J connectivity index is 2.21. The number of aryl methyl sites for hydroxylation is 1. The first kappa shape index (κ1) is 9.77. The van der Waals surface area contributed by atoms with Crippen LogP contribution in [0.4, 0.5) is 5.82 Å². The number of nitrogens with two attached hydrogens (primary N) is 1. The van der Waals surface area contributed by atoms with Crippen LogP contribution in [0.3, 0.4) is 0 Å². The molecule has 0 radical (unpaired) electrons. The molecule has 0 saturated heterocycles. The molecule has 0 fully saturated rings. The summed E-state index contributed by atoms with van der Waals surface area (Å²) < 4.78 is 1.61. The van der Waals surface area contributed by atoms with Crippen molar-refractivity contribution in [2.24, 2.45) is 7.05 Å². The third kappa shape index (κ3) is 1.44. The quantitative estimate of drug-likeness (QED) is 0.594. The summed E-state index contributed by atoms with van der Waals surface area (Å²) in [7, 11) is 1.79. The van der Waals surface area contributed by atoms with E-state index >= 15 is 0 Å². The van der Waals surface area contributed by atoms with E-state index in [9.17, 15) is 5.11 Å². The Morgan fingerprint density at radius 1 is 1.35 bits per heavy atom. The lowest BCUT2D eigenvalue weighted by Gasteiger charge is -1.92. The number of rotatable bonds is 1. The van der Waals surface area contributed by atoms with Crippen LogP contribution in [-0.4, -0.2) is 19.9 Å². The molecule has 3 rings (SSSR count). The summed E-state index contributed by atoms with van der Waals surface area (Å²) in [4.78, 5) is 3.14. The number of H-pyrrole nitrogens is 1. The number of hydrogen-bond acceptors (Lipinski definition) is 3. The second kappa shape index (κ2) is 3.28. The molecule has 4 N–H and O–H groups in total. The molecule has 86 valence electrons. The third-order valence-electron chi connectivity index (χ3n) is 2.83. The van der Waals surface area contributed by atoms with Gasteiger partial charge in [-0.15, -0.1) is 0 Å². The lowest BCUT2D eigenvalue weighted by molar-refractivity contribution is 0.480. The van der Waals surface area contributed by atoms with Crippen molar-refractivity contribution in [2.75, 3.05) is 5.73 Å². The van der Waals surface area contributed by atoms with Gasteiger partial charge >= 0.3 is 0 Å². The van der Waals surface area contributed by atoms with Crippen molar-refractivity contribution in [3.63, 3.8) is 0 Å². The van der Waals surface area contributed by atoms with Gasteiger partial charge < -0.3 is 15.8 Å². The first-order valence-electron chi connectivity index (χ1n) is 5.26. The van der Waals surface area contributed by atoms with Gasteiger partial charge in [0.1, 0.15) is 17.3 Å². The van der Waals surface area contributed by atoms with Gasteiger partial charge in [0, 0.05) is 18.5 Å². The second-order valence-electron chi connectivity index (χ2n) is 4.00. The van der Waals surface area contributed by atoms with Gasteiger partial charge in [-0.25, -0.2) is 0 Å². The van der Waals surface area contributed by atoms with Gasteiger partial charge in [0.25, 0.3) is 0 Å². The SMILES string of the molecule is Cn1nc(-c2cc3cccc(O)c3[nH]2)cc1N. The fourth-order valence-electron chi connectivity index (χ4n) is 1.89. The lowest BCUT2D eigenvalue weighted by Crippen LogP contribution is -1.96. The molecule has 17 heavy (non-hydrogen) atoms. The zero-order chi connectivity index (χ0) is 12.0. The van der Waals surface area contributed by atoms with Crippen LogP contribution in [0.15, 0.2) is 30.3 Å². The molecule has 5 nitrogen and oxygen atoms in total. The molecule has 5 heteroatoms. The zero-order valence-corrected chi connectivity index (χ0v) is 9.31. The Kier molecular flexibility index (Phi) is 1.89. The molecule has 0 aliphatic carbocycles. The highest BCUT2D eigenvalue weighted by Gasteiger charge is 2.09. The number of fused-ring (bicyclic) bond motifs is 1. The monoisotopic (exact) mass is 228 g/mol. The number of aromatic hydroxyl groups is 1. The lowest BCUT2D eigenvalue weighted by atomic mass is 10.2. The van der Waals surface area contributed by atoms with Crippen molar-refractivity contribution >= 4 is 16.7 Å². The first-order chi connectivity index (χ1) is 8.15. The number of aromatic amines is 1. The van der Waals surface area contributed by atoms with Crippen LogP contribution in [0.2, 0.25) is 0 Å². The summed E-state index contributed by atoms with van der Waals surface area (Å²) in [5, 5.41) is 14.9. The van der Waals surface area contributed by atoms with Crippen LogP contribution < -0.4 is 5.73 Å². The number of phenolic OH excluding ortho intramolecular Hbond substituents is 1. The maximum Gasteiger partial charge on any atom is 0.139 e. The summed E-state index contributed by atoms with van der Waals surface area (Å²) in [6, 6.07) is 9.12. The van der Waals surface area contributed by atoms with Crippen LogP contribution in [0.5, 0.6) is 5.75 Å². The zero-order valence-electron chi connectivity index (χ0n) is 9.31. The van der Waals surface area contributed by atoms with E-state index in [1.807, 2.05) is 18.2 Å². The number of phenols is 1. The fourth-order valence-corrected chi connectivity index (χ4v) is 1.89. The minimum absolute atomic E-state index is 0.234. The highest BCUT2D eigenvalue weighted by molar-refractivity contribution is 5.89. The Hall–Kier alpha value is -2.43. The summed E-state index contributed by atoms with van der Waals surface area (Å²) in [5.41, 5.74) is 8.06. The Morgan fingerprint density at radius 3 is 2.82 bits per heavy atom. The minimum Gasteiger partial charge on any atom is -0.506 e. The van der Waals surface area contributed by atoms with Crippen molar-refractivity contribution < 1.29 is 5.11 Å². The van der Waals surface area contributed by atoms with Gasteiger partial charge in [0.05, 0.1) is 11.2 Å². The summed E-state index contributed by atoms with van der Waals surface area (Å²) in [6.07, 6.45) is 0. The van der Waals surface area contributed by atoms with E-state index in [4.69, 9.17) is 5.73 Å². The minimum atomic E-state index is 0.234. The van der Waals surface area contributed by atoms with E-state index in [1.165, 1.54) is 0 Å². The summed E-state index contributed by atoms with van der Waals surface area (Å²) >= 11 is 0. The van der Waals surface area contributed by atoms with E-state index in [0.717, 1.165) is 16.8 Å². The number of benzene rings is 1. The molecule has 0 saturated carbocycles. The van der Waals surface area contributed by atoms with Crippen molar-refractivity contribution in [2.45, 2.75) is 0 Å². The van der Waals surface area contributed by atoms with Crippen molar-refractivity contribution in [3.8, 4) is 17.1 Å². The van der Waals surface area contributed by atoms with Gasteiger partial charge in [-0.3, -0.25) is 4.68 Å². The van der Waals surface area contributed by atoms with Crippen molar-refractivity contribution in [1.82, 2.24) is 14.8 Å². The van der Waals surface area contributed by atoms with Crippen LogP contribution in [0.1, 0.15) is 0 Å². The Labute approximate surface area is 97.5 Å². The molecule has 3 aromatic rings. The number of para-hydroxylation sites is 1. The maximum atomic E-state index is 9.71. The smallest absolute Gasteiger partial charge is 0.139 e. The molecule has 2 heterocycles. The van der Waals surface area contributed by atoms with Gasteiger partial charge in [-0.1, -0.05) is 12.1 Å². The highest BCUT2D eigenvalue weighted by Crippen LogP contribution is 2.29. The number of nitrogens with one attached hydrogen (secondary N) is 1. The standard InChI is InChI=1S/C12H12N4O/c1-16-11(13)6-9(15-16)8-5-7-3-2-4-10(17)12(7)14-8/h2-6,14,17H,13H2,1H3. The summed E-state index contributed by atoms with van der Waals surface area (Å²) in [6.45, 7) is 0. The molecule has 0 atom stereocenters. The van der Waals surface area contributed by atoms with Gasteiger partial charge in [0.2, 0.25) is 0 Å². The molecule has 0 aliphatic heterocycles. The highest BCUT2D eigenvalue weighted by atomic mass is 16.3. The molecule has 2 aromatic heterocycles. The van der Waals surface area contributed by atoms with Gasteiger partial charge in [0.15, 0.2) is 0 Å². The Morgan fingerprint density at radius 2 is 2.18 bits per heavy atom. The molecular formula is C12H12N4O. The third-order valence-corrected chi connectivity index (χ3v) is 2.83. The van der Waals surface area contributed by atoms with E-state index < -0.39 is 0 Å². The fraction of sp³-hybridized carbons (Fsp3) is 0.0833.